The molecule has 0 radical (unpaired) electrons. The summed E-state index contributed by atoms with van der Waals surface area (Å²) in [6, 6.07) is 11.1. The number of hydrogen-bond acceptors (Lipinski definition) is 11. The Labute approximate surface area is 297 Å². The third-order valence-corrected chi connectivity index (χ3v) is 10.2. The number of carbonyl (C=O) groups is 2. The van der Waals surface area contributed by atoms with E-state index in [1.54, 1.807) is 12.1 Å². The summed E-state index contributed by atoms with van der Waals surface area (Å²) in [6.45, 7) is -0.335. The highest BCUT2D eigenvalue weighted by Crippen LogP contribution is 2.41. The molecule has 18 heteroatoms. The van der Waals surface area contributed by atoms with Crippen molar-refractivity contribution in [3.8, 4) is 28.4 Å². The summed E-state index contributed by atoms with van der Waals surface area (Å²) in [5.74, 6) is -5.34. The van der Waals surface area contributed by atoms with Crippen molar-refractivity contribution in [2.75, 3.05) is 65.2 Å². The number of benzene rings is 3. The predicted molar refractivity (Wildman–Crippen MR) is 183 cm³/mol. The van der Waals surface area contributed by atoms with Gasteiger partial charge in [0.15, 0.2) is 31.2 Å². The predicted octanol–water partition coefficient (Wildman–Crippen LogP) is 2.56. The van der Waals surface area contributed by atoms with Crippen LogP contribution < -0.4 is 24.8 Å². The Kier molecular flexibility index (Phi) is 15.4. The highest BCUT2D eigenvalue weighted by molar-refractivity contribution is 9.10. The van der Waals surface area contributed by atoms with E-state index >= 15 is 4.39 Å². The normalized spacial score (nSPS) is 11.6. The molecule has 0 aromatic heterocycles. The van der Waals surface area contributed by atoms with Gasteiger partial charge in [-0.3, -0.25) is 9.59 Å². The van der Waals surface area contributed by atoms with E-state index in [9.17, 15) is 30.8 Å². The van der Waals surface area contributed by atoms with Gasteiger partial charge in [0.05, 0.1) is 45.5 Å². The Morgan fingerprint density at radius 2 is 1.32 bits per heavy atom. The molecule has 2 amide bonds. The van der Waals surface area contributed by atoms with Crippen LogP contribution in [0.3, 0.4) is 0 Å². The Bertz CT molecular complexity index is 1880. The van der Waals surface area contributed by atoms with Crippen LogP contribution in [0.5, 0.6) is 17.2 Å². The number of hydrogen-bond donors (Lipinski definition) is 3. The third kappa shape index (κ3) is 12.8. The van der Waals surface area contributed by atoms with Crippen molar-refractivity contribution >= 4 is 47.4 Å². The molecule has 3 aromatic carbocycles. The minimum atomic E-state index is -3.99. The molecule has 3 rings (SSSR count). The molecular formula is C32H37BrF2N2O11S2. The van der Waals surface area contributed by atoms with E-state index in [2.05, 4.69) is 26.6 Å². The number of nitrogens with one attached hydrogen (secondary N) is 2. The fraction of sp³-hybridized carbons (Fsp3) is 0.375. The number of ether oxygens (including phenoxy) is 4. The molecular weight excluding hydrogens is 770 g/mol. The van der Waals surface area contributed by atoms with Crippen LogP contribution in [0.2, 0.25) is 0 Å². The Balaban J connectivity index is 1.54. The van der Waals surface area contributed by atoms with Crippen LogP contribution in [0.1, 0.15) is 11.1 Å². The van der Waals surface area contributed by atoms with Gasteiger partial charge in [0.25, 0.3) is 0 Å². The molecule has 0 aliphatic heterocycles. The van der Waals surface area contributed by atoms with Crippen LogP contribution in [0.15, 0.2) is 53.0 Å². The summed E-state index contributed by atoms with van der Waals surface area (Å²) in [7, 11) is -5.11. The van der Waals surface area contributed by atoms with Gasteiger partial charge in [-0.1, -0.05) is 34.1 Å². The van der Waals surface area contributed by atoms with Crippen molar-refractivity contribution < 1.29 is 59.3 Å². The van der Waals surface area contributed by atoms with Crippen molar-refractivity contribution in [1.82, 2.24) is 10.6 Å². The molecule has 13 nitrogen and oxygen atoms in total. The molecule has 0 saturated carbocycles. The zero-order valence-electron chi connectivity index (χ0n) is 27.2. The van der Waals surface area contributed by atoms with E-state index < -0.39 is 66.1 Å². The number of amides is 2. The summed E-state index contributed by atoms with van der Waals surface area (Å²) in [6.07, 6.45) is 0. The van der Waals surface area contributed by atoms with Crippen LogP contribution in [-0.4, -0.2) is 99.0 Å². The van der Waals surface area contributed by atoms with Gasteiger partial charge in [0, 0.05) is 28.7 Å². The topological polar surface area (TPSA) is 184 Å². The maximum Gasteiger partial charge on any atom is 0.235 e. The lowest BCUT2D eigenvalue weighted by Crippen LogP contribution is -2.33. The van der Waals surface area contributed by atoms with Gasteiger partial charge < -0.3 is 34.7 Å². The average Bonchev–Trinajstić information content (AvgIpc) is 3.04. The second-order valence-electron chi connectivity index (χ2n) is 10.7. The lowest BCUT2D eigenvalue weighted by molar-refractivity contribution is -0.119. The van der Waals surface area contributed by atoms with Gasteiger partial charge in [-0.25, -0.2) is 25.6 Å². The molecule has 0 aliphatic carbocycles. The quantitative estimate of drug-likeness (QED) is 0.143. The Morgan fingerprint density at radius 1 is 0.740 bits per heavy atom. The molecule has 0 heterocycles. The highest BCUT2D eigenvalue weighted by Gasteiger charge is 2.22. The van der Waals surface area contributed by atoms with Gasteiger partial charge in [-0.15, -0.1) is 0 Å². The van der Waals surface area contributed by atoms with Crippen LogP contribution in [0.4, 0.5) is 8.78 Å². The number of halogens is 3. The Morgan fingerprint density at radius 3 is 1.88 bits per heavy atom. The summed E-state index contributed by atoms with van der Waals surface area (Å²) in [5, 5.41) is 13.5. The maximum atomic E-state index is 15.1. The molecule has 3 N–H and O–H groups in total. The minimum absolute atomic E-state index is 0.00734. The first-order chi connectivity index (χ1) is 23.7. The SMILES string of the molecule is COc1cc(-c2ccc(CS(=O)(=O)CC(=O)NCCO)c(F)c2)cc(OCCOCCNC(=O)CS(=O)(=O)Cc2ccc(Br)cc2F)c1OC. The molecule has 0 saturated heterocycles. The van der Waals surface area contributed by atoms with Crippen LogP contribution >= 0.6 is 15.9 Å². The lowest BCUT2D eigenvalue weighted by atomic mass is 10.0. The summed E-state index contributed by atoms with van der Waals surface area (Å²) in [4.78, 5) is 23.9. The molecule has 0 unspecified atom stereocenters. The van der Waals surface area contributed by atoms with Crippen molar-refractivity contribution in [2.24, 2.45) is 0 Å². The zero-order chi connectivity index (χ0) is 36.9. The van der Waals surface area contributed by atoms with Gasteiger partial charge in [0.1, 0.15) is 29.7 Å². The lowest BCUT2D eigenvalue weighted by Gasteiger charge is -2.16. The fourth-order valence-corrected chi connectivity index (χ4v) is 7.49. The van der Waals surface area contributed by atoms with Crippen molar-refractivity contribution in [1.29, 1.82) is 0 Å². The van der Waals surface area contributed by atoms with Crippen molar-refractivity contribution in [3.05, 3.63) is 75.8 Å². The standard InChI is InChI=1S/C32H37BrF2N2O11S2/c1-45-28-14-24(21-3-4-22(26(34)13-21)17-49(41,42)19-30(39)36-7-9-38)15-29(32(28)46-2)48-12-11-47-10-8-37-31(40)20-50(43,44)18-23-5-6-25(33)16-27(23)35/h3-6,13-16,38H,7-12,17-20H2,1-2H3,(H,36,39)(H,37,40). The molecule has 50 heavy (non-hydrogen) atoms. The van der Waals surface area contributed by atoms with Crippen molar-refractivity contribution in [3.63, 3.8) is 0 Å². The second-order valence-corrected chi connectivity index (χ2v) is 15.7. The van der Waals surface area contributed by atoms with E-state index in [0.717, 1.165) is 12.1 Å². The Hall–Kier alpha value is -3.84. The van der Waals surface area contributed by atoms with Crippen LogP contribution in [0.25, 0.3) is 11.1 Å². The molecule has 0 fully saturated rings. The first kappa shape index (κ1) is 40.6. The monoisotopic (exact) mass is 806 g/mol. The number of rotatable bonds is 20. The average molecular weight is 808 g/mol. The summed E-state index contributed by atoms with van der Waals surface area (Å²) in [5.41, 5.74) is 0.645. The minimum Gasteiger partial charge on any atom is -0.493 e. The highest BCUT2D eigenvalue weighted by atomic mass is 79.9. The van der Waals surface area contributed by atoms with Gasteiger partial charge in [-0.05, 0) is 41.5 Å². The molecule has 0 spiro atoms. The van der Waals surface area contributed by atoms with Gasteiger partial charge >= 0.3 is 0 Å². The van der Waals surface area contributed by atoms with E-state index in [4.69, 9.17) is 24.1 Å². The molecule has 3 aromatic rings. The molecule has 0 atom stereocenters. The summed E-state index contributed by atoms with van der Waals surface area (Å²) < 4.78 is 101. The number of carbonyl (C=O) groups excluding carboxylic acids is 2. The number of methoxy groups -OCH3 is 2. The number of aliphatic hydroxyl groups is 1. The molecule has 0 aliphatic rings. The van der Waals surface area contributed by atoms with Gasteiger partial charge in [-0.2, -0.15) is 0 Å². The van der Waals surface area contributed by atoms with Crippen molar-refractivity contribution in [2.45, 2.75) is 11.5 Å². The third-order valence-electron chi connectivity index (χ3n) is 6.79. The largest absolute Gasteiger partial charge is 0.493 e. The summed E-state index contributed by atoms with van der Waals surface area (Å²) >= 11 is 3.10. The first-order valence-electron chi connectivity index (χ1n) is 14.9. The smallest absolute Gasteiger partial charge is 0.235 e. The van der Waals surface area contributed by atoms with Crippen LogP contribution in [-0.2, 0) is 45.5 Å². The van der Waals surface area contributed by atoms with Gasteiger partial charge in [0.2, 0.25) is 17.6 Å². The zero-order valence-corrected chi connectivity index (χ0v) is 30.4. The fourth-order valence-electron chi connectivity index (χ4n) is 4.53. The van der Waals surface area contributed by atoms with E-state index in [1.165, 1.54) is 38.5 Å². The van der Waals surface area contributed by atoms with E-state index in [-0.39, 0.29) is 67.9 Å². The second kappa shape index (κ2) is 19.0. The number of sulfone groups is 2. The molecule has 0 bridgehead atoms. The van der Waals surface area contributed by atoms with E-state index in [0.29, 0.717) is 15.6 Å². The molecule has 274 valence electrons. The van der Waals surface area contributed by atoms with Crippen LogP contribution in [0, 0.1) is 11.6 Å². The first-order valence-corrected chi connectivity index (χ1v) is 19.3. The van der Waals surface area contributed by atoms with E-state index in [1.807, 2.05) is 0 Å². The number of aliphatic hydroxyl groups excluding tert-OH is 1. The maximum absolute atomic E-state index is 15.1.